The van der Waals surface area contributed by atoms with Gasteiger partial charge in [-0.25, -0.2) is 0 Å². The summed E-state index contributed by atoms with van der Waals surface area (Å²) < 4.78 is 5.12. The van der Waals surface area contributed by atoms with Gasteiger partial charge >= 0.3 is 0 Å². The second-order valence-corrected chi connectivity index (χ2v) is 5.22. The molecule has 0 radical (unpaired) electrons. The minimum atomic E-state index is 0.485. The largest absolute Gasteiger partial charge is 0.497 e. The summed E-state index contributed by atoms with van der Waals surface area (Å²) in [6.45, 7) is 2.69. The lowest BCUT2D eigenvalue weighted by molar-refractivity contribution is 0.414. The molecule has 0 heterocycles. The maximum Gasteiger partial charge on any atom is 0.187 e. The molecule has 0 aliphatic carbocycles. The first-order valence-electron chi connectivity index (χ1n) is 6.94. The van der Waals surface area contributed by atoms with Gasteiger partial charge in [0.1, 0.15) is 5.75 Å². The van der Waals surface area contributed by atoms with Gasteiger partial charge in [-0.15, -0.1) is 0 Å². The summed E-state index contributed by atoms with van der Waals surface area (Å²) in [6.07, 6.45) is 1.74. The van der Waals surface area contributed by atoms with Gasteiger partial charge in [-0.2, -0.15) is 5.10 Å². The molecule has 22 heavy (non-hydrogen) atoms. The van der Waals surface area contributed by atoms with E-state index >= 15 is 0 Å². The Morgan fingerprint density at radius 1 is 1.14 bits per heavy atom. The quantitative estimate of drug-likeness (QED) is 0.506. The van der Waals surface area contributed by atoms with Crippen molar-refractivity contribution in [2.24, 2.45) is 5.10 Å². The third-order valence-electron chi connectivity index (χ3n) is 3.07. The van der Waals surface area contributed by atoms with Crippen LogP contribution in [0.5, 0.6) is 5.75 Å². The molecule has 0 amide bonds. The highest BCUT2D eigenvalue weighted by molar-refractivity contribution is 7.80. The molecule has 4 nitrogen and oxygen atoms in total. The number of benzene rings is 2. The number of hydrogen-bond donors (Lipinski definition) is 2. The van der Waals surface area contributed by atoms with Crippen molar-refractivity contribution in [3.63, 3.8) is 0 Å². The van der Waals surface area contributed by atoms with Crippen molar-refractivity contribution in [3.8, 4) is 5.75 Å². The second kappa shape index (κ2) is 8.14. The van der Waals surface area contributed by atoms with E-state index in [0.29, 0.717) is 11.7 Å². The molecule has 0 atom stereocenters. The molecule has 0 saturated carbocycles. The molecule has 2 aromatic rings. The number of rotatable bonds is 5. The summed E-state index contributed by atoms with van der Waals surface area (Å²) in [5.41, 5.74) is 6.17. The van der Waals surface area contributed by atoms with Gasteiger partial charge in [0.2, 0.25) is 0 Å². The number of thiocarbonyl (C=S) groups is 1. The average Bonchev–Trinajstić information content (AvgIpc) is 2.55. The standard InChI is InChI=1S/C17H19N3OS/c1-13-3-5-15(6-4-13)12-19-20-17(22)18-11-14-7-9-16(21-2)10-8-14/h3-10,12H,11H2,1-2H3,(H2,18,20,22)/b19-12-. The van der Waals surface area contributed by atoms with E-state index in [-0.39, 0.29) is 0 Å². The van der Waals surface area contributed by atoms with Gasteiger partial charge in [0.25, 0.3) is 0 Å². The summed E-state index contributed by atoms with van der Waals surface area (Å²) in [5, 5.41) is 7.70. The number of aryl methyl sites for hydroxylation is 1. The van der Waals surface area contributed by atoms with Crippen molar-refractivity contribution in [3.05, 3.63) is 65.2 Å². The normalized spacial score (nSPS) is 10.5. The third kappa shape index (κ3) is 5.18. The smallest absolute Gasteiger partial charge is 0.187 e. The van der Waals surface area contributed by atoms with Gasteiger partial charge in [0, 0.05) is 6.54 Å². The molecule has 0 fully saturated rings. The lowest BCUT2D eigenvalue weighted by Gasteiger charge is -2.07. The number of hydrogen-bond acceptors (Lipinski definition) is 3. The van der Waals surface area contributed by atoms with Gasteiger partial charge in [-0.3, -0.25) is 5.43 Å². The fourth-order valence-electron chi connectivity index (χ4n) is 1.78. The first-order valence-corrected chi connectivity index (χ1v) is 7.35. The predicted octanol–water partition coefficient (Wildman–Crippen LogP) is 3.00. The molecule has 2 aromatic carbocycles. The van der Waals surface area contributed by atoms with Crippen LogP contribution in [0.3, 0.4) is 0 Å². The Hall–Kier alpha value is -2.40. The minimum Gasteiger partial charge on any atom is -0.497 e. The lowest BCUT2D eigenvalue weighted by atomic mass is 10.2. The predicted molar refractivity (Wildman–Crippen MR) is 94.3 cm³/mol. The van der Waals surface area contributed by atoms with Crippen LogP contribution in [0.15, 0.2) is 53.6 Å². The molecule has 2 N–H and O–H groups in total. The summed E-state index contributed by atoms with van der Waals surface area (Å²) in [6, 6.07) is 15.9. The molecule has 0 aliphatic heterocycles. The van der Waals surface area contributed by atoms with Crippen LogP contribution in [0.25, 0.3) is 0 Å². The van der Waals surface area contributed by atoms with E-state index < -0.39 is 0 Å². The highest BCUT2D eigenvalue weighted by Crippen LogP contribution is 2.10. The maximum absolute atomic E-state index is 5.18. The Balaban J connectivity index is 1.76. The Labute approximate surface area is 136 Å². The summed E-state index contributed by atoms with van der Waals surface area (Å²) in [4.78, 5) is 0. The molecular weight excluding hydrogens is 294 g/mol. The van der Waals surface area contributed by atoms with E-state index in [1.54, 1.807) is 13.3 Å². The molecule has 0 aromatic heterocycles. The van der Waals surface area contributed by atoms with Crippen LogP contribution >= 0.6 is 12.2 Å². The van der Waals surface area contributed by atoms with Crippen molar-refractivity contribution in [1.82, 2.24) is 10.7 Å². The van der Waals surface area contributed by atoms with Crippen molar-refractivity contribution in [1.29, 1.82) is 0 Å². The zero-order valence-corrected chi connectivity index (χ0v) is 13.5. The van der Waals surface area contributed by atoms with E-state index in [0.717, 1.165) is 16.9 Å². The number of nitrogens with one attached hydrogen (secondary N) is 2. The van der Waals surface area contributed by atoms with Crippen LogP contribution in [0, 0.1) is 6.92 Å². The average molecular weight is 313 g/mol. The Morgan fingerprint density at radius 2 is 1.82 bits per heavy atom. The molecule has 0 spiro atoms. The van der Waals surface area contributed by atoms with Gasteiger partial charge in [0.15, 0.2) is 5.11 Å². The van der Waals surface area contributed by atoms with Crippen molar-refractivity contribution < 1.29 is 4.74 Å². The van der Waals surface area contributed by atoms with E-state index in [2.05, 4.69) is 22.8 Å². The van der Waals surface area contributed by atoms with Crippen molar-refractivity contribution in [2.75, 3.05) is 7.11 Å². The van der Waals surface area contributed by atoms with E-state index in [1.165, 1.54) is 5.56 Å². The Morgan fingerprint density at radius 3 is 2.45 bits per heavy atom. The van der Waals surface area contributed by atoms with E-state index in [9.17, 15) is 0 Å². The topological polar surface area (TPSA) is 45.6 Å². The van der Waals surface area contributed by atoms with Crippen molar-refractivity contribution >= 4 is 23.5 Å². The monoisotopic (exact) mass is 313 g/mol. The van der Waals surface area contributed by atoms with Crippen molar-refractivity contribution in [2.45, 2.75) is 13.5 Å². The fourth-order valence-corrected chi connectivity index (χ4v) is 1.91. The molecule has 0 aliphatic rings. The SMILES string of the molecule is COc1ccc(CNC(=S)N/N=C\c2ccc(C)cc2)cc1. The van der Waals surface area contributed by atoms with Crippen LogP contribution in [0.1, 0.15) is 16.7 Å². The van der Waals surface area contributed by atoms with Gasteiger partial charge in [-0.1, -0.05) is 42.0 Å². The maximum atomic E-state index is 5.18. The van der Waals surface area contributed by atoms with Crippen LogP contribution < -0.4 is 15.5 Å². The Bertz CT molecular complexity index is 636. The molecular formula is C17H19N3OS. The van der Waals surface area contributed by atoms with E-state index in [1.807, 2.05) is 48.5 Å². The van der Waals surface area contributed by atoms with Crippen LogP contribution in [-0.4, -0.2) is 18.4 Å². The van der Waals surface area contributed by atoms with Gasteiger partial charge in [-0.05, 0) is 42.4 Å². The highest BCUT2D eigenvalue weighted by atomic mass is 32.1. The molecule has 0 unspecified atom stereocenters. The zero-order valence-electron chi connectivity index (χ0n) is 12.7. The molecule has 0 saturated heterocycles. The second-order valence-electron chi connectivity index (χ2n) is 4.81. The van der Waals surface area contributed by atoms with Gasteiger partial charge < -0.3 is 10.1 Å². The highest BCUT2D eigenvalue weighted by Gasteiger charge is 1.96. The summed E-state index contributed by atoms with van der Waals surface area (Å²) in [7, 11) is 1.65. The van der Waals surface area contributed by atoms with E-state index in [4.69, 9.17) is 17.0 Å². The lowest BCUT2D eigenvalue weighted by Crippen LogP contribution is -2.31. The third-order valence-corrected chi connectivity index (χ3v) is 3.30. The molecule has 5 heteroatoms. The molecule has 0 bridgehead atoms. The van der Waals surface area contributed by atoms with Crippen LogP contribution in [-0.2, 0) is 6.54 Å². The molecule has 2 rings (SSSR count). The van der Waals surface area contributed by atoms with Crippen LogP contribution in [0.2, 0.25) is 0 Å². The summed E-state index contributed by atoms with van der Waals surface area (Å²) in [5.74, 6) is 0.840. The fraction of sp³-hybridized carbons (Fsp3) is 0.176. The number of hydrazone groups is 1. The summed E-state index contributed by atoms with van der Waals surface area (Å²) >= 11 is 5.18. The number of methoxy groups -OCH3 is 1. The first kappa shape index (κ1) is 16.0. The first-order chi connectivity index (χ1) is 10.7. The van der Waals surface area contributed by atoms with Crippen LogP contribution in [0.4, 0.5) is 0 Å². The molecule has 114 valence electrons. The zero-order chi connectivity index (χ0) is 15.8. The number of ether oxygens (including phenoxy) is 1. The number of nitrogens with zero attached hydrogens (tertiary/aromatic N) is 1. The minimum absolute atomic E-state index is 0.485. The Kier molecular flexibility index (Phi) is 5.91. The van der Waals surface area contributed by atoms with Gasteiger partial charge in [0.05, 0.1) is 13.3 Å².